The first-order valence-corrected chi connectivity index (χ1v) is 7.23. The quantitative estimate of drug-likeness (QED) is 0.733. The highest BCUT2D eigenvalue weighted by Crippen LogP contribution is 2.24. The fourth-order valence-corrected chi connectivity index (χ4v) is 3.00. The molecule has 7 heteroatoms. The number of hydrogen-bond acceptors (Lipinski definition) is 5. The Morgan fingerprint density at radius 3 is 2.55 bits per heavy atom. The minimum Gasteiger partial charge on any atom is -0.497 e. The molecule has 0 aliphatic carbocycles. The number of benzene rings is 2. The van der Waals surface area contributed by atoms with Crippen molar-refractivity contribution >= 4 is 20.8 Å². The zero-order chi connectivity index (χ0) is 14.2. The minimum absolute atomic E-state index is 0.167. The highest BCUT2D eigenvalue weighted by atomic mass is 32.2. The van der Waals surface area contributed by atoms with Crippen molar-refractivity contribution in [2.24, 2.45) is 0 Å². The maximum atomic E-state index is 12.3. The van der Waals surface area contributed by atoms with E-state index in [0.29, 0.717) is 0 Å². The van der Waals surface area contributed by atoms with Crippen molar-refractivity contribution in [3.8, 4) is 5.75 Å². The molecule has 3 aromatic rings. The number of hydrogen-bond donors (Lipinski definition) is 0. The van der Waals surface area contributed by atoms with Crippen LogP contribution in [0.2, 0.25) is 0 Å². The first-order valence-electron chi connectivity index (χ1n) is 5.79. The highest BCUT2D eigenvalue weighted by molar-refractivity contribution is 7.89. The van der Waals surface area contributed by atoms with Crippen LogP contribution in [0.3, 0.4) is 0 Å². The molecule has 0 atom stereocenters. The normalized spacial score (nSPS) is 11.7. The van der Waals surface area contributed by atoms with Crippen LogP contribution in [0.4, 0.5) is 0 Å². The molecule has 0 fully saturated rings. The van der Waals surface area contributed by atoms with E-state index in [1.807, 2.05) is 12.1 Å². The van der Waals surface area contributed by atoms with E-state index in [1.165, 1.54) is 6.33 Å². The lowest BCUT2D eigenvalue weighted by atomic mass is 10.1. The molecule has 2 aromatic carbocycles. The number of fused-ring (bicyclic) bond motifs is 1. The van der Waals surface area contributed by atoms with Crippen molar-refractivity contribution < 1.29 is 13.2 Å². The third-order valence-electron chi connectivity index (χ3n) is 2.96. The Morgan fingerprint density at radius 1 is 1.10 bits per heavy atom. The molecule has 1 aromatic heterocycles. The molecule has 20 heavy (non-hydrogen) atoms. The van der Waals surface area contributed by atoms with Gasteiger partial charge in [0.05, 0.1) is 12.0 Å². The summed E-state index contributed by atoms with van der Waals surface area (Å²) < 4.78 is 30.6. The Hall–Kier alpha value is -2.41. The van der Waals surface area contributed by atoms with Gasteiger partial charge in [-0.3, -0.25) is 0 Å². The van der Waals surface area contributed by atoms with Gasteiger partial charge in [0, 0.05) is 0 Å². The van der Waals surface area contributed by atoms with E-state index in [2.05, 4.69) is 10.1 Å². The topological polar surface area (TPSA) is 74.1 Å². The van der Waals surface area contributed by atoms with Gasteiger partial charge in [-0.05, 0) is 35.0 Å². The van der Waals surface area contributed by atoms with Crippen LogP contribution >= 0.6 is 0 Å². The van der Waals surface area contributed by atoms with Crippen LogP contribution in [-0.4, -0.2) is 29.7 Å². The average molecular weight is 289 g/mol. The van der Waals surface area contributed by atoms with E-state index in [0.717, 1.165) is 26.9 Å². The summed E-state index contributed by atoms with van der Waals surface area (Å²) in [4.78, 5) is 3.82. The molecule has 0 saturated carbocycles. The molecule has 0 N–H and O–H groups in total. The standard InChI is InChI=1S/C13H11N3O3S/c1-19-12-4-2-11-7-13(5-3-10(11)6-12)20(17,18)16-9-14-8-15-16/h2-9H,1H3. The first-order chi connectivity index (χ1) is 9.61. The number of nitrogens with zero attached hydrogens (tertiary/aromatic N) is 3. The maximum Gasteiger partial charge on any atom is 0.284 e. The second-order valence-electron chi connectivity index (χ2n) is 4.15. The van der Waals surface area contributed by atoms with E-state index in [-0.39, 0.29) is 4.90 Å². The third-order valence-corrected chi connectivity index (χ3v) is 4.49. The number of methoxy groups -OCH3 is 1. The largest absolute Gasteiger partial charge is 0.497 e. The van der Waals surface area contributed by atoms with Crippen LogP contribution in [-0.2, 0) is 10.0 Å². The monoisotopic (exact) mass is 289 g/mol. The summed E-state index contributed by atoms with van der Waals surface area (Å²) >= 11 is 0. The minimum atomic E-state index is -3.69. The van der Waals surface area contributed by atoms with E-state index in [4.69, 9.17) is 4.74 Å². The fraction of sp³-hybridized carbons (Fsp3) is 0.0769. The Bertz CT molecular complexity index is 858. The second kappa shape index (κ2) is 4.61. The molecule has 0 amide bonds. The van der Waals surface area contributed by atoms with Gasteiger partial charge < -0.3 is 4.74 Å². The average Bonchev–Trinajstić information content (AvgIpc) is 3.01. The molecule has 0 aliphatic heterocycles. The number of ether oxygens (including phenoxy) is 1. The third kappa shape index (κ3) is 2.01. The predicted octanol–water partition coefficient (Wildman–Crippen LogP) is 1.68. The van der Waals surface area contributed by atoms with Gasteiger partial charge in [-0.15, -0.1) is 9.19 Å². The van der Waals surface area contributed by atoms with Gasteiger partial charge in [-0.2, -0.15) is 8.42 Å². The van der Waals surface area contributed by atoms with Crippen LogP contribution < -0.4 is 4.74 Å². The fourth-order valence-electron chi connectivity index (χ4n) is 1.92. The summed E-state index contributed by atoms with van der Waals surface area (Å²) in [6.45, 7) is 0. The van der Waals surface area contributed by atoms with Gasteiger partial charge in [-0.25, -0.2) is 4.98 Å². The van der Waals surface area contributed by atoms with Crippen molar-refractivity contribution in [3.63, 3.8) is 0 Å². The molecule has 3 rings (SSSR count). The van der Waals surface area contributed by atoms with E-state index in [1.54, 1.807) is 31.4 Å². The van der Waals surface area contributed by atoms with Crippen LogP contribution in [0.1, 0.15) is 0 Å². The van der Waals surface area contributed by atoms with Crippen LogP contribution in [0.25, 0.3) is 10.8 Å². The van der Waals surface area contributed by atoms with E-state index < -0.39 is 10.0 Å². The highest BCUT2D eigenvalue weighted by Gasteiger charge is 2.17. The molecular formula is C13H11N3O3S. The zero-order valence-electron chi connectivity index (χ0n) is 10.6. The van der Waals surface area contributed by atoms with E-state index >= 15 is 0 Å². The number of rotatable bonds is 3. The summed E-state index contributed by atoms with van der Waals surface area (Å²) in [5.41, 5.74) is 0. The van der Waals surface area contributed by atoms with Crippen molar-refractivity contribution in [3.05, 3.63) is 49.1 Å². The molecule has 102 valence electrons. The van der Waals surface area contributed by atoms with Gasteiger partial charge in [0.15, 0.2) is 0 Å². The van der Waals surface area contributed by atoms with Crippen molar-refractivity contribution in [1.82, 2.24) is 14.2 Å². The van der Waals surface area contributed by atoms with Gasteiger partial charge in [0.2, 0.25) is 0 Å². The van der Waals surface area contributed by atoms with Gasteiger partial charge in [0.1, 0.15) is 18.4 Å². The first kappa shape index (κ1) is 12.6. The van der Waals surface area contributed by atoms with Gasteiger partial charge >= 0.3 is 0 Å². The molecule has 0 spiro atoms. The smallest absolute Gasteiger partial charge is 0.284 e. The Morgan fingerprint density at radius 2 is 1.85 bits per heavy atom. The molecule has 0 bridgehead atoms. The molecule has 0 unspecified atom stereocenters. The summed E-state index contributed by atoms with van der Waals surface area (Å²) in [6, 6.07) is 10.3. The van der Waals surface area contributed by atoms with Crippen molar-refractivity contribution in [2.75, 3.05) is 7.11 Å². The molecular weight excluding hydrogens is 278 g/mol. The Labute approximate surface area is 115 Å². The van der Waals surface area contributed by atoms with Crippen LogP contribution in [0, 0.1) is 0 Å². The lowest BCUT2D eigenvalue weighted by Crippen LogP contribution is -2.13. The molecule has 0 aliphatic rings. The Kier molecular flexibility index (Phi) is 2.90. The van der Waals surface area contributed by atoms with Crippen molar-refractivity contribution in [1.29, 1.82) is 0 Å². The van der Waals surface area contributed by atoms with Crippen LogP contribution in [0.5, 0.6) is 5.75 Å². The van der Waals surface area contributed by atoms with Gasteiger partial charge in [-0.1, -0.05) is 12.1 Å². The lowest BCUT2D eigenvalue weighted by Gasteiger charge is -2.06. The molecule has 0 saturated heterocycles. The Balaban J connectivity index is 2.14. The second-order valence-corrected chi connectivity index (χ2v) is 5.94. The van der Waals surface area contributed by atoms with Gasteiger partial charge in [0.25, 0.3) is 10.0 Å². The molecule has 1 heterocycles. The maximum absolute atomic E-state index is 12.3. The predicted molar refractivity (Wildman–Crippen MR) is 73.1 cm³/mol. The summed E-state index contributed by atoms with van der Waals surface area (Å²) in [5.74, 6) is 0.726. The summed E-state index contributed by atoms with van der Waals surface area (Å²) in [7, 11) is -2.10. The van der Waals surface area contributed by atoms with E-state index in [9.17, 15) is 8.42 Å². The molecule has 0 radical (unpaired) electrons. The summed E-state index contributed by atoms with van der Waals surface area (Å²) in [5, 5.41) is 5.39. The zero-order valence-corrected chi connectivity index (χ0v) is 11.4. The van der Waals surface area contributed by atoms with Crippen molar-refractivity contribution in [2.45, 2.75) is 4.90 Å². The number of aromatic nitrogens is 3. The molecule has 6 nitrogen and oxygen atoms in total. The van der Waals surface area contributed by atoms with Crippen LogP contribution in [0.15, 0.2) is 53.9 Å². The summed E-state index contributed by atoms with van der Waals surface area (Å²) in [6.07, 6.45) is 2.34. The lowest BCUT2D eigenvalue weighted by molar-refractivity contribution is 0.415. The SMILES string of the molecule is COc1ccc2cc(S(=O)(=O)n3cncn3)ccc2c1.